The molecule has 0 saturated heterocycles. The van der Waals surface area contributed by atoms with Gasteiger partial charge in [0.25, 0.3) is 5.69 Å². The van der Waals surface area contributed by atoms with E-state index in [1.807, 2.05) is 19.9 Å². The van der Waals surface area contributed by atoms with Crippen LogP contribution in [-0.2, 0) is 11.3 Å². The van der Waals surface area contributed by atoms with E-state index in [9.17, 15) is 10.1 Å². The van der Waals surface area contributed by atoms with Crippen molar-refractivity contribution < 1.29 is 9.66 Å². The van der Waals surface area contributed by atoms with E-state index in [0.717, 1.165) is 5.56 Å². The van der Waals surface area contributed by atoms with Gasteiger partial charge in [-0.2, -0.15) is 0 Å². The van der Waals surface area contributed by atoms with Gasteiger partial charge in [-0.25, -0.2) is 0 Å². The Hall–Kier alpha value is -1.42. The van der Waals surface area contributed by atoms with Gasteiger partial charge < -0.3 is 4.74 Å². The van der Waals surface area contributed by atoms with E-state index in [0.29, 0.717) is 18.8 Å². The lowest BCUT2D eigenvalue weighted by Crippen LogP contribution is -1.98. The molecule has 0 N–H and O–H groups in total. The second-order valence-corrected chi connectivity index (χ2v) is 3.03. The molecule has 0 bridgehead atoms. The highest BCUT2D eigenvalue weighted by Crippen LogP contribution is 2.20. The smallest absolute Gasteiger partial charge is 0.275 e. The predicted molar refractivity (Wildman–Crippen MR) is 53.2 cm³/mol. The van der Waals surface area contributed by atoms with Crippen molar-refractivity contribution in [1.82, 2.24) is 0 Å². The fraction of sp³-hybridized carbons (Fsp3) is 0.400. The van der Waals surface area contributed by atoms with E-state index in [1.54, 1.807) is 12.1 Å². The van der Waals surface area contributed by atoms with E-state index in [4.69, 9.17) is 4.74 Å². The Morgan fingerprint density at radius 3 is 2.79 bits per heavy atom. The van der Waals surface area contributed by atoms with E-state index in [1.165, 1.54) is 0 Å². The predicted octanol–water partition coefficient (Wildman–Crippen LogP) is 2.44. The summed E-state index contributed by atoms with van der Waals surface area (Å²) in [6.07, 6.45) is 0. The van der Waals surface area contributed by atoms with Crippen molar-refractivity contribution in [3.8, 4) is 0 Å². The zero-order valence-corrected chi connectivity index (χ0v) is 8.32. The molecule has 0 aliphatic rings. The second kappa shape index (κ2) is 4.72. The summed E-state index contributed by atoms with van der Waals surface area (Å²) in [5, 5.41) is 10.7. The summed E-state index contributed by atoms with van der Waals surface area (Å²) in [6.45, 7) is 4.55. The average molecular weight is 195 g/mol. The van der Waals surface area contributed by atoms with Crippen molar-refractivity contribution in [1.29, 1.82) is 0 Å². The Morgan fingerprint density at radius 1 is 1.50 bits per heavy atom. The highest BCUT2D eigenvalue weighted by atomic mass is 16.6. The lowest BCUT2D eigenvalue weighted by molar-refractivity contribution is -0.386. The summed E-state index contributed by atoms with van der Waals surface area (Å²) in [7, 11) is 0. The van der Waals surface area contributed by atoms with Crippen LogP contribution in [0.2, 0.25) is 0 Å². The van der Waals surface area contributed by atoms with Crippen LogP contribution in [0.3, 0.4) is 0 Å². The maximum atomic E-state index is 10.7. The van der Waals surface area contributed by atoms with Crippen LogP contribution in [-0.4, -0.2) is 11.5 Å². The Labute approximate surface area is 82.7 Å². The van der Waals surface area contributed by atoms with Gasteiger partial charge in [-0.3, -0.25) is 10.1 Å². The van der Waals surface area contributed by atoms with E-state index >= 15 is 0 Å². The molecule has 0 radical (unpaired) electrons. The highest BCUT2D eigenvalue weighted by Gasteiger charge is 2.12. The fourth-order valence-electron chi connectivity index (χ4n) is 1.18. The number of nitrogens with zero attached hydrogens (tertiary/aromatic N) is 1. The molecular weight excluding hydrogens is 182 g/mol. The minimum Gasteiger partial charge on any atom is -0.377 e. The van der Waals surface area contributed by atoms with E-state index < -0.39 is 0 Å². The standard InChI is InChI=1S/C10H13NO3/c1-3-14-7-9-5-4-8(2)6-10(9)11(12)13/h4-6H,3,7H2,1-2H3. The molecule has 0 aromatic heterocycles. The SMILES string of the molecule is CCOCc1ccc(C)cc1[N+](=O)[O-]. The molecule has 0 fully saturated rings. The minimum atomic E-state index is -0.374. The molecular formula is C10H13NO3. The highest BCUT2D eigenvalue weighted by molar-refractivity contribution is 5.42. The molecule has 1 aromatic rings. The Bertz CT molecular complexity index is 336. The molecule has 1 rings (SSSR count). The molecule has 0 unspecified atom stereocenters. The van der Waals surface area contributed by atoms with Crippen LogP contribution in [0.15, 0.2) is 18.2 Å². The Balaban J connectivity index is 2.96. The van der Waals surface area contributed by atoms with Gasteiger partial charge in [0.15, 0.2) is 0 Å². The van der Waals surface area contributed by atoms with Crippen molar-refractivity contribution >= 4 is 5.69 Å². The van der Waals surface area contributed by atoms with Crippen LogP contribution < -0.4 is 0 Å². The third kappa shape index (κ3) is 2.53. The van der Waals surface area contributed by atoms with E-state index in [-0.39, 0.29) is 10.6 Å². The summed E-state index contributed by atoms with van der Waals surface area (Å²) < 4.78 is 5.15. The molecule has 0 aliphatic carbocycles. The van der Waals surface area contributed by atoms with Gasteiger partial charge in [-0.15, -0.1) is 0 Å². The maximum absolute atomic E-state index is 10.7. The largest absolute Gasteiger partial charge is 0.377 e. The molecule has 0 saturated carbocycles. The summed E-state index contributed by atoms with van der Waals surface area (Å²) in [6, 6.07) is 5.15. The van der Waals surface area contributed by atoms with Gasteiger partial charge in [0.1, 0.15) is 0 Å². The molecule has 0 atom stereocenters. The summed E-state index contributed by atoms with van der Waals surface area (Å²) in [5.74, 6) is 0. The van der Waals surface area contributed by atoms with E-state index in [2.05, 4.69) is 0 Å². The van der Waals surface area contributed by atoms with Crippen LogP contribution in [0, 0.1) is 17.0 Å². The first-order chi connectivity index (χ1) is 6.65. The topological polar surface area (TPSA) is 52.4 Å². The summed E-state index contributed by atoms with van der Waals surface area (Å²) in [4.78, 5) is 10.3. The second-order valence-electron chi connectivity index (χ2n) is 3.03. The van der Waals surface area contributed by atoms with Crippen molar-refractivity contribution in [2.75, 3.05) is 6.61 Å². The van der Waals surface area contributed by atoms with Crippen molar-refractivity contribution in [3.05, 3.63) is 39.4 Å². The van der Waals surface area contributed by atoms with Crippen molar-refractivity contribution in [2.45, 2.75) is 20.5 Å². The number of hydrogen-bond acceptors (Lipinski definition) is 3. The number of hydrogen-bond donors (Lipinski definition) is 0. The van der Waals surface area contributed by atoms with Gasteiger partial charge in [0, 0.05) is 12.7 Å². The monoisotopic (exact) mass is 195 g/mol. The Morgan fingerprint density at radius 2 is 2.21 bits per heavy atom. The maximum Gasteiger partial charge on any atom is 0.275 e. The number of ether oxygens (including phenoxy) is 1. The average Bonchev–Trinajstić information content (AvgIpc) is 2.15. The molecule has 0 heterocycles. The zero-order chi connectivity index (χ0) is 10.6. The first kappa shape index (κ1) is 10.7. The molecule has 4 nitrogen and oxygen atoms in total. The fourth-order valence-corrected chi connectivity index (χ4v) is 1.18. The van der Waals surface area contributed by atoms with Crippen LogP contribution in [0.4, 0.5) is 5.69 Å². The van der Waals surface area contributed by atoms with Gasteiger partial charge >= 0.3 is 0 Å². The number of rotatable bonds is 4. The van der Waals surface area contributed by atoms with Crippen molar-refractivity contribution in [3.63, 3.8) is 0 Å². The number of nitro benzene ring substituents is 1. The van der Waals surface area contributed by atoms with Gasteiger partial charge in [-0.05, 0) is 25.5 Å². The zero-order valence-electron chi connectivity index (χ0n) is 8.32. The minimum absolute atomic E-state index is 0.137. The van der Waals surface area contributed by atoms with Gasteiger partial charge in [-0.1, -0.05) is 6.07 Å². The van der Waals surface area contributed by atoms with Crippen LogP contribution in [0.25, 0.3) is 0 Å². The first-order valence-electron chi connectivity index (χ1n) is 4.46. The van der Waals surface area contributed by atoms with Gasteiger partial charge in [0.2, 0.25) is 0 Å². The normalized spacial score (nSPS) is 10.1. The lowest BCUT2D eigenvalue weighted by Gasteiger charge is -2.03. The summed E-state index contributed by atoms with van der Waals surface area (Å²) >= 11 is 0. The quantitative estimate of drug-likeness (QED) is 0.547. The molecule has 4 heteroatoms. The molecule has 0 spiro atoms. The van der Waals surface area contributed by atoms with Crippen LogP contribution >= 0.6 is 0 Å². The van der Waals surface area contributed by atoms with Crippen LogP contribution in [0.5, 0.6) is 0 Å². The first-order valence-corrected chi connectivity index (χ1v) is 4.46. The number of aryl methyl sites for hydroxylation is 1. The lowest BCUT2D eigenvalue weighted by atomic mass is 10.1. The third-order valence-electron chi connectivity index (χ3n) is 1.90. The molecule has 0 aliphatic heterocycles. The van der Waals surface area contributed by atoms with Crippen molar-refractivity contribution in [2.24, 2.45) is 0 Å². The van der Waals surface area contributed by atoms with Crippen LogP contribution in [0.1, 0.15) is 18.1 Å². The molecule has 76 valence electrons. The molecule has 1 aromatic carbocycles. The van der Waals surface area contributed by atoms with Gasteiger partial charge in [0.05, 0.1) is 17.1 Å². The number of nitro groups is 1. The molecule has 14 heavy (non-hydrogen) atoms. The molecule has 0 amide bonds. The third-order valence-corrected chi connectivity index (χ3v) is 1.90. The summed E-state index contributed by atoms with van der Waals surface area (Å²) in [5.41, 5.74) is 1.65. The Kier molecular flexibility index (Phi) is 3.59. The number of benzene rings is 1.